The van der Waals surface area contributed by atoms with Gasteiger partial charge in [0, 0.05) is 0 Å². The summed E-state index contributed by atoms with van der Waals surface area (Å²) in [5.41, 5.74) is -1.59. The molecule has 1 aliphatic heterocycles. The van der Waals surface area contributed by atoms with E-state index in [1.54, 1.807) is 20.8 Å². The molecule has 0 aliphatic carbocycles. The molecule has 6 nitrogen and oxygen atoms in total. The van der Waals surface area contributed by atoms with Crippen LogP contribution in [0, 0.1) is 0 Å². The van der Waals surface area contributed by atoms with Gasteiger partial charge in [-0.2, -0.15) is 0 Å². The normalized spacial score (nSPS) is 26.9. The van der Waals surface area contributed by atoms with Crippen molar-refractivity contribution in [1.82, 2.24) is 5.32 Å². The molecule has 112 valence electrons. The van der Waals surface area contributed by atoms with Gasteiger partial charge in [0.15, 0.2) is 0 Å². The van der Waals surface area contributed by atoms with Gasteiger partial charge in [-0.25, -0.2) is 0 Å². The fourth-order valence-electron chi connectivity index (χ4n) is 2.10. The van der Waals surface area contributed by atoms with Crippen molar-refractivity contribution in [3.63, 3.8) is 0 Å². The van der Waals surface area contributed by atoms with Crippen molar-refractivity contribution in [2.45, 2.75) is 50.8 Å². The van der Waals surface area contributed by atoms with E-state index in [0.29, 0.717) is 13.0 Å². The van der Waals surface area contributed by atoms with Crippen LogP contribution in [0.15, 0.2) is 3.50 Å². The Bertz CT molecular complexity index is 380. The van der Waals surface area contributed by atoms with Gasteiger partial charge in [-0.3, -0.25) is 0 Å². The molecular formula is C12H20N2O4Pt. The molecular weight excluding hydrogens is 431 g/mol. The molecule has 1 N–H and O–H groups in total. The molecule has 19 heavy (non-hydrogen) atoms. The van der Waals surface area contributed by atoms with Crippen LogP contribution >= 0.6 is 0 Å². The summed E-state index contributed by atoms with van der Waals surface area (Å²) in [6, 6.07) is 0.00297. The molecule has 1 aliphatic rings. The van der Waals surface area contributed by atoms with E-state index in [4.69, 9.17) is 9.47 Å². The van der Waals surface area contributed by atoms with Crippen molar-refractivity contribution < 1.29 is 38.7 Å². The Hall–Kier alpha value is -0.612. The van der Waals surface area contributed by atoms with Gasteiger partial charge < -0.3 is 0 Å². The van der Waals surface area contributed by atoms with Crippen LogP contribution in [0.4, 0.5) is 0 Å². The van der Waals surface area contributed by atoms with Gasteiger partial charge in [-0.05, 0) is 0 Å². The predicted octanol–water partition coefficient (Wildman–Crippen LogP) is 0.722. The second kappa shape index (κ2) is 6.23. The second-order valence-electron chi connectivity index (χ2n) is 5.66. The number of rotatable bonds is 4. The summed E-state index contributed by atoms with van der Waals surface area (Å²) in [4.78, 5) is 23.9. The fraction of sp³-hybridized carbons (Fsp3) is 0.833. The van der Waals surface area contributed by atoms with Gasteiger partial charge in [-0.1, -0.05) is 0 Å². The van der Waals surface area contributed by atoms with Gasteiger partial charge >= 0.3 is 124 Å². The van der Waals surface area contributed by atoms with Crippen molar-refractivity contribution in [2.75, 3.05) is 13.7 Å². The maximum atomic E-state index is 12.0. The number of hydrogen-bond acceptors (Lipinski definition) is 6. The Morgan fingerprint density at radius 1 is 1.47 bits per heavy atom. The molecule has 1 saturated heterocycles. The molecule has 0 bridgehead atoms. The van der Waals surface area contributed by atoms with Crippen molar-refractivity contribution in [2.24, 2.45) is 3.50 Å². The second-order valence-corrected chi connectivity index (χ2v) is 6.24. The Labute approximate surface area is 124 Å². The van der Waals surface area contributed by atoms with E-state index < -0.39 is 23.1 Å². The predicted molar refractivity (Wildman–Crippen MR) is 64.0 cm³/mol. The van der Waals surface area contributed by atoms with Crippen LogP contribution in [0.5, 0.6) is 0 Å². The average Bonchev–Trinajstić information content (AvgIpc) is 2.70. The van der Waals surface area contributed by atoms with Crippen LogP contribution < -0.4 is 5.32 Å². The summed E-state index contributed by atoms with van der Waals surface area (Å²) in [5, 5.41) is 3.06. The average molecular weight is 451 g/mol. The summed E-state index contributed by atoms with van der Waals surface area (Å²) >= 11 is 1.90. The molecule has 0 unspecified atom stereocenters. The van der Waals surface area contributed by atoms with Crippen molar-refractivity contribution in [1.29, 1.82) is 0 Å². The standard InChI is InChI=1S/C12H20N2O4.Pt/c1-11(2,3)18-9(15)6-12(10(16)17-4)5-8(13)7-14-12;/h8,14H,5-7H2,1-4H3;/t8-,12+;/m0./s1. The number of esters is 2. The van der Waals surface area contributed by atoms with Crippen molar-refractivity contribution in [3.8, 4) is 0 Å². The molecule has 0 aromatic heterocycles. The first kappa shape index (κ1) is 16.4. The topological polar surface area (TPSA) is 77.0 Å². The van der Waals surface area contributed by atoms with Gasteiger partial charge in [0.1, 0.15) is 0 Å². The summed E-state index contributed by atoms with van der Waals surface area (Å²) in [7, 11) is 1.32. The number of carbonyl (C=O) groups excluding carboxylic acids is 2. The third-order valence-corrected chi connectivity index (χ3v) is 3.65. The van der Waals surface area contributed by atoms with Crippen LogP contribution in [-0.4, -0.2) is 42.8 Å². The molecule has 0 aromatic carbocycles. The summed E-state index contributed by atoms with van der Waals surface area (Å²) in [6.45, 7) is 5.93. The zero-order chi connectivity index (χ0) is 14.7. The zero-order valence-electron chi connectivity index (χ0n) is 11.6. The van der Waals surface area contributed by atoms with Crippen LogP contribution in [-0.2, 0) is 38.7 Å². The molecule has 0 saturated carbocycles. The molecule has 0 aromatic rings. The third-order valence-electron chi connectivity index (χ3n) is 2.82. The fourth-order valence-corrected chi connectivity index (χ4v) is 2.51. The number of nitrogens with one attached hydrogen (secondary N) is 1. The maximum absolute atomic E-state index is 12.0. The zero-order valence-corrected chi connectivity index (χ0v) is 13.9. The van der Waals surface area contributed by atoms with Crippen LogP contribution in [0.2, 0.25) is 0 Å². The Morgan fingerprint density at radius 2 is 2.11 bits per heavy atom. The van der Waals surface area contributed by atoms with Crippen LogP contribution in [0.1, 0.15) is 33.6 Å². The van der Waals surface area contributed by atoms with Crippen molar-refractivity contribution in [3.05, 3.63) is 0 Å². The minimum atomic E-state index is -1.02. The summed E-state index contributed by atoms with van der Waals surface area (Å²) in [5.74, 6) is -0.860. The van der Waals surface area contributed by atoms with Gasteiger partial charge in [0.05, 0.1) is 0 Å². The first-order chi connectivity index (χ1) is 8.72. The number of nitrogens with zero attached hydrogens (tertiary/aromatic N) is 1. The molecule has 0 spiro atoms. The third kappa shape index (κ3) is 4.46. The molecule has 7 heteroatoms. The number of hydrogen-bond donors (Lipinski definition) is 1. The van der Waals surface area contributed by atoms with Crippen molar-refractivity contribution >= 4 is 11.9 Å². The van der Waals surface area contributed by atoms with Crippen LogP contribution in [0.25, 0.3) is 0 Å². The summed E-state index contributed by atoms with van der Waals surface area (Å²) < 4.78 is 14.2. The monoisotopic (exact) mass is 451 g/mol. The van der Waals surface area contributed by atoms with E-state index in [0.717, 1.165) is 0 Å². The molecule has 2 atom stereocenters. The number of methoxy groups -OCH3 is 1. The first-order valence-corrected chi connectivity index (χ1v) is 7.08. The summed E-state index contributed by atoms with van der Waals surface area (Å²) in [6.07, 6.45) is 0.405. The van der Waals surface area contributed by atoms with E-state index >= 15 is 0 Å². The number of ether oxygens (including phenoxy) is 2. The van der Waals surface area contributed by atoms with E-state index in [1.165, 1.54) is 7.11 Å². The molecule has 0 amide bonds. The molecule has 0 radical (unpaired) electrons. The van der Waals surface area contributed by atoms with Gasteiger partial charge in [-0.15, -0.1) is 0 Å². The SMILES string of the molecule is COC(=O)[C@]1(CC(=O)OC(C)(C)C)C[C@H]([N]=[Pt])CN1. The van der Waals surface area contributed by atoms with Gasteiger partial charge in [0.25, 0.3) is 0 Å². The minimum absolute atomic E-state index is 0.00297. The van der Waals surface area contributed by atoms with E-state index in [9.17, 15) is 9.59 Å². The Balaban J connectivity index is 2.80. The van der Waals surface area contributed by atoms with Gasteiger partial charge in [0.2, 0.25) is 0 Å². The van der Waals surface area contributed by atoms with E-state index in [-0.39, 0.29) is 12.5 Å². The quantitative estimate of drug-likeness (QED) is 0.638. The first-order valence-electron chi connectivity index (χ1n) is 6.06. The Morgan fingerprint density at radius 3 is 2.53 bits per heavy atom. The molecule has 1 fully saturated rings. The van der Waals surface area contributed by atoms with E-state index in [1.807, 2.05) is 19.6 Å². The van der Waals surface area contributed by atoms with Crippen LogP contribution in [0.3, 0.4) is 0 Å². The Kier molecular flexibility index (Phi) is 5.39. The number of carbonyl (C=O) groups is 2. The van der Waals surface area contributed by atoms with E-state index in [2.05, 4.69) is 8.81 Å². The molecule has 1 heterocycles. The molecule has 1 rings (SSSR count).